The Bertz CT molecular complexity index is 1210. The third kappa shape index (κ3) is 4.64. The summed E-state index contributed by atoms with van der Waals surface area (Å²) in [7, 11) is 1.72. The molecule has 7 nitrogen and oxygen atoms in total. The Balaban J connectivity index is 1.37. The summed E-state index contributed by atoms with van der Waals surface area (Å²) in [4.78, 5) is 21.2. The third-order valence-corrected chi connectivity index (χ3v) is 6.85. The Morgan fingerprint density at radius 2 is 1.88 bits per heavy atom. The second kappa shape index (κ2) is 9.74. The molecule has 1 saturated heterocycles. The lowest BCUT2D eigenvalue weighted by Gasteiger charge is -2.20. The molecule has 2 aromatic heterocycles. The molecule has 2 aromatic carbocycles. The van der Waals surface area contributed by atoms with E-state index < -0.39 is 0 Å². The molecule has 0 bridgehead atoms. The van der Waals surface area contributed by atoms with Crippen LogP contribution in [-0.2, 0) is 4.74 Å². The van der Waals surface area contributed by atoms with Gasteiger partial charge in [0.25, 0.3) is 0 Å². The van der Waals surface area contributed by atoms with Crippen molar-refractivity contribution in [3.63, 3.8) is 0 Å². The predicted molar refractivity (Wildman–Crippen MR) is 132 cm³/mol. The van der Waals surface area contributed by atoms with Crippen molar-refractivity contribution in [3.05, 3.63) is 77.8 Å². The Morgan fingerprint density at radius 3 is 2.64 bits per heavy atom. The van der Waals surface area contributed by atoms with E-state index in [2.05, 4.69) is 39.8 Å². The molecule has 0 aliphatic carbocycles. The first-order valence-corrected chi connectivity index (χ1v) is 12.0. The highest BCUT2D eigenvalue weighted by Crippen LogP contribution is 2.31. The molecule has 0 saturated carbocycles. The maximum atomic E-state index is 13.2. The standard InChI is InChI=1S/C25H27N5O2S/c1-32-14-12-29-16-20(18-8-4-2-5-9-18)21(17-29)26-24(31)28-23-22(19-10-6-3-7-11-19)27-25-30(23)13-15-33-25/h2-11,13,15,20-21H,12,14,16-17H2,1H3,(H2,26,28,31). The van der Waals surface area contributed by atoms with Gasteiger partial charge in [-0.15, -0.1) is 11.3 Å². The van der Waals surface area contributed by atoms with E-state index in [4.69, 9.17) is 9.72 Å². The zero-order chi connectivity index (χ0) is 22.6. The molecule has 1 aliphatic rings. The number of hydrogen-bond acceptors (Lipinski definition) is 5. The smallest absolute Gasteiger partial charge is 0.320 e. The number of aromatic nitrogens is 2. The number of methoxy groups -OCH3 is 1. The van der Waals surface area contributed by atoms with Crippen LogP contribution in [0.4, 0.5) is 10.6 Å². The van der Waals surface area contributed by atoms with E-state index in [1.165, 1.54) is 5.56 Å². The van der Waals surface area contributed by atoms with Crippen LogP contribution in [0.3, 0.4) is 0 Å². The molecule has 0 radical (unpaired) electrons. The van der Waals surface area contributed by atoms with Gasteiger partial charge in [-0.3, -0.25) is 14.6 Å². The van der Waals surface area contributed by atoms with E-state index in [9.17, 15) is 4.79 Å². The number of fused-ring (bicyclic) bond motifs is 1. The van der Waals surface area contributed by atoms with Gasteiger partial charge < -0.3 is 10.1 Å². The highest BCUT2D eigenvalue weighted by Gasteiger charge is 2.34. The summed E-state index contributed by atoms with van der Waals surface area (Å²) in [5.74, 6) is 0.898. The average molecular weight is 462 g/mol. The predicted octanol–water partition coefficient (Wildman–Crippen LogP) is 4.30. The lowest BCUT2D eigenvalue weighted by atomic mass is 9.94. The number of hydrogen-bond donors (Lipinski definition) is 2. The fourth-order valence-corrected chi connectivity index (χ4v) is 5.20. The lowest BCUT2D eigenvalue weighted by Crippen LogP contribution is -2.42. The Morgan fingerprint density at radius 1 is 1.12 bits per heavy atom. The second-order valence-electron chi connectivity index (χ2n) is 8.21. The Labute approximate surface area is 197 Å². The van der Waals surface area contributed by atoms with Crippen molar-refractivity contribution < 1.29 is 9.53 Å². The topological polar surface area (TPSA) is 70.9 Å². The van der Waals surface area contributed by atoms with Crippen molar-refractivity contribution >= 4 is 28.1 Å². The first-order chi connectivity index (χ1) is 16.2. The molecule has 5 rings (SSSR count). The molecular weight excluding hydrogens is 434 g/mol. The van der Waals surface area contributed by atoms with Gasteiger partial charge in [0.15, 0.2) is 4.96 Å². The third-order valence-electron chi connectivity index (χ3n) is 6.09. The number of urea groups is 1. The SMILES string of the molecule is COCCN1CC(NC(=O)Nc2c(-c3ccccc3)nc3sccn23)C(c2ccccc2)C1. The number of amides is 2. The van der Waals surface area contributed by atoms with Crippen LogP contribution in [0.1, 0.15) is 11.5 Å². The van der Waals surface area contributed by atoms with Crippen molar-refractivity contribution in [2.45, 2.75) is 12.0 Å². The summed E-state index contributed by atoms with van der Waals surface area (Å²) < 4.78 is 7.20. The Kier molecular flexibility index (Phi) is 6.39. The van der Waals surface area contributed by atoms with Gasteiger partial charge in [0.2, 0.25) is 0 Å². The van der Waals surface area contributed by atoms with Gasteiger partial charge in [0.1, 0.15) is 11.5 Å². The number of anilines is 1. The molecule has 170 valence electrons. The molecule has 8 heteroatoms. The molecule has 33 heavy (non-hydrogen) atoms. The maximum absolute atomic E-state index is 13.2. The van der Waals surface area contributed by atoms with Crippen molar-refractivity contribution in [2.75, 3.05) is 38.7 Å². The molecule has 2 amide bonds. The minimum atomic E-state index is -0.222. The number of carbonyl (C=O) groups is 1. The number of thiazole rings is 1. The monoisotopic (exact) mass is 461 g/mol. The van der Waals surface area contributed by atoms with Crippen molar-refractivity contribution in [2.24, 2.45) is 0 Å². The van der Waals surface area contributed by atoms with E-state index in [-0.39, 0.29) is 18.0 Å². The molecule has 1 aliphatic heterocycles. The molecule has 3 heterocycles. The fraction of sp³-hybridized carbons (Fsp3) is 0.280. The molecule has 2 atom stereocenters. The van der Waals surface area contributed by atoms with Crippen LogP contribution in [0.2, 0.25) is 0 Å². The van der Waals surface area contributed by atoms with Gasteiger partial charge in [-0.1, -0.05) is 60.7 Å². The van der Waals surface area contributed by atoms with Gasteiger partial charge >= 0.3 is 6.03 Å². The van der Waals surface area contributed by atoms with E-state index in [1.807, 2.05) is 52.4 Å². The van der Waals surface area contributed by atoms with Gasteiger partial charge in [-0.2, -0.15) is 0 Å². The number of rotatable bonds is 7. The van der Waals surface area contributed by atoms with E-state index >= 15 is 0 Å². The van der Waals surface area contributed by atoms with Gasteiger partial charge in [-0.05, 0) is 5.56 Å². The quantitative estimate of drug-likeness (QED) is 0.431. The molecule has 2 unspecified atom stereocenters. The highest BCUT2D eigenvalue weighted by molar-refractivity contribution is 7.15. The number of imidazole rings is 1. The Hall–Kier alpha value is -3.20. The summed E-state index contributed by atoms with van der Waals surface area (Å²) in [5, 5.41) is 8.29. The lowest BCUT2D eigenvalue weighted by molar-refractivity contribution is 0.159. The molecule has 1 fully saturated rings. The summed E-state index contributed by atoms with van der Waals surface area (Å²) in [6.07, 6.45) is 1.93. The maximum Gasteiger partial charge on any atom is 0.320 e. The van der Waals surface area contributed by atoms with Gasteiger partial charge in [-0.25, -0.2) is 9.78 Å². The second-order valence-corrected chi connectivity index (χ2v) is 9.08. The van der Waals surface area contributed by atoms with Crippen molar-refractivity contribution in [1.82, 2.24) is 19.6 Å². The normalized spacial score (nSPS) is 18.6. The number of nitrogens with zero attached hydrogens (tertiary/aromatic N) is 3. The largest absolute Gasteiger partial charge is 0.383 e. The van der Waals surface area contributed by atoms with E-state index in [0.717, 1.165) is 35.9 Å². The minimum Gasteiger partial charge on any atom is -0.383 e. The summed E-state index contributed by atoms with van der Waals surface area (Å²) >= 11 is 1.54. The van der Waals surface area contributed by atoms with E-state index in [0.29, 0.717) is 12.4 Å². The minimum absolute atomic E-state index is 0.00433. The molecule has 4 aromatic rings. The number of likely N-dealkylation sites (tertiary alicyclic amines) is 1. The zero-order valence-corrected chi connectivity index (χ0v) is 19.3. The van der Waals surface area contributed by atoms with Crippen molar-refractivity contribution in [3.8, 4) is 11.3 Å². The fourth-order valence-electron chi connectivity index (χ4n) is 4.49. The molecule has 0 spiro atoms. The number of nitrogens with one attached hydrogen (secondary N) is 2. The van der Waals surface area contributed by atoms with Gasteiger partial charge in [0, 0.05) is 49.8 Å². The van der Waals surface area contributed by atoms with Crippen molar-refractivity contribution in [1.29, 1.82) is 0 Å². The van der Waals surface area contributed by atoms with Crippen LogP contribution in [0.25, 0.3) is 16.2 Å². The average Bonchev–Trinajstić information content (AvgIpc) is 3.55. The summed E-state index contributed by atoms with van der Waals surface area (Å²) in [6, 6.07) is 20.1. The number of benzene rings is 2. The van der Waals surface area contributed by atoms with Gasteiger partial charge in [0.05, 0.1) is 12.6 Å². The van der Waals surface area contributed by atoms with Crippen LogP contribution in [-0.4, -0.2) is 59.7 Å². The van der Waals surface area contributed by atoms with Crippen LogP contribution in [0, 0.1) is 0 Å². The van der Waals surface area contributed by atoms with Crippen LogP contribution in [0.5, 0.6) is 0 Å². The zero-order valence-electron chi connectivity index (χ0n) is 18.5. The van der Waals surface area contributed by atoms with E-state index in [1.54, 1.807) is 18.4 Å². The van der Waals surface area contributed by atoms with Crippen LogP contribution in [0.15, 0.2) is 72.2 Å². The number of ether oxygens (including phenoxy) is 1. The number of carbonyl (C=O) groups excluding carboxylic acids is 1. The molecular formula is C25H27N5O2S. The summed E-state index contributed by atoms with van der Waals surface area (Å²) in [5.41, 5.74) is 2.97. The first-order valence-electron chi connectivity index (χ1n) is 11.1. The van der Waals surface area contributed by atoms with Crippen LogP contribution >= 0.6 is 11.3 Å². The molecule has 2 N–H and O–H groups in total. The summed E-state index contributed by atoms with van der Waals surface area (Å²) in [6.45, 7) is 3.18. The highest BCUT2D eigenvalue weighted by atomic mass is 32.1. The van der Waals surface area contributed by atoms with Crippen LogP contribution < -0.4 is 10.6 Å². The first kappa shape index (κ1) is 21.6.